The quantitative estimate of drug-likeness (QED) is 0.755. The Kier molecular flexibility index (Phi) is 6.01. The molecular weight excluding hydrogens is 295 g/mol. The number of anilines is 1. The summed E-state index contributed by atoms with van der Waals surface area (Å²) in [5, 5.41) is -0.416. The maximum atomic E-state index is 12.8. The summed E-state index contributed by atoms with van der Waals surface area (Å²) in [4.78, 5) is 8.85. The van der Waals surface area contributed by atoms with Crippen molar-refractivity contribution in [3.05, 3.63) is 17.0 Å². The van der Waals surface area contributed by atoms with Crippen molar-refractivity contribution in [3.63, 3.8) is 0 Å². The van der Waals surface area contributed by atoms with Crippen molar-refractivity contribution in [2.75, 3.05) is 25.2 Å². The summed E-state index contributed by atoms with van der Waals surface area (Å²) in [6, 6.07) is 0.922. The number of rotatable bonds is 6. The summed E-state index contributed by atoms with van der Waals surface area (Å²) in [7, 11) is 1.53. The number of methoxy groups -OCH3 is 1. The van der Waals surface area contributed by atoms with Gasteiger partial charge in [0, 0.05) is 25.8 Å². The molecule has 0 aliphatic heterocycles. The van der Waals surface area contributed by atoms with Crippen LogP contribution in [0.3, 0.4) is 0 Å². The van der Waals surface area contributed by atoms with Gasteiger partial charge in [-0.3, -0.25) is 0 Å². The number of hydrogen-bond acceptors (Lipinski definition) is 4. The Morgan fingerprint density at radius 3 is 2.55 bits per heavy atom. The van der Waals surface area contributed by atoms with Crippen LogP contribution in [0.2, 0.25) is 5.28 Å². The van der Waals surface area contributed by atoms with E-state index >= 15 is 0 Å². The summed E-state index contributed by atoms with van der Waals surface area (Å²) in [5.74, 6) is 0.156. The Labute approximate surface area is 120 Å². The van der Waals surface area contributed by atoms with E-state index in [9.17, 15) is 13.2 Å². The molecule has 1 heterocycles. The number of ether oxygens (including phenoxy) is 1. The van der Waals surface area contributed by atoms with Gasteiger partial charge in [-0.1, -0.05) is 6.92 Å². The largest absolute Gasteiger partial charge is 0.433 e. The zero-order valence-electron chi connectivity index (χ0n) is 11.5. The van der Waals surface area contributed by atoms with Crippen LogP contribution in [0.5, 0.6) is 0 Å². The fourth-order valence-electron chi connectivity index (χ4n) is 1.67. The van der Waals surface area contributed by atoms with Gasteiger partial charge in [0.15, 0.2) is 5.69 Å². The molecular formula is C12H17ClF3N3O. The molecule has 0 spiro atoms. The third-order valence-corrected chi connectivity index (χ3v) is 3.10. The first kappa shape index (κ1) is 17.0. The highest BCUT2D eigenvalue weighted by Crippen LogP contribution is 2.31. The summed E-state index contributed by atoms with van der Waals surface area (Å²) < 4.78 is 43.2. The molecule has 0 amide bonds. The third-order valence-electron chi connectivity index (χ3n) is 2.93. The van der Waals surface area contributed by atoms with Crippen molar-refractivity contribution in [3.8, 4) is 0 Å². The lowest BCUT2D eigenvalue weighted by Gasteiger charge is -2.29. The van der Waals surface area contributed by atoms with E-state index in [4.69, 9.17) is 16.3 Å². The van der Waals surface area contributed by atoms with Gasteiger partial charge in [0.2, 0.25) is 5.28 Å². The number of alkyl halides is 3. The van der Waals surface area contributed by atoms with Crippen LogP contribution in [-0.4, -0.2) is 36.3 Å². The fraction of sp³-hybridized carbons (Fsp3) is 0.667. The van der Waals surface area contributed by atoms with E-state index in [1.165, 1.54) is 7.11 Å². The van der Waals surface area contributed by atoms with E-state index in [2.05, 4.69) is 9.97 Å². The first-order chi connectivity index (χ1) is 9.29. The average molecular weight is 312 g/mol. The molecule has 8 heteroatoms. The zero-order chi connectivity index (χ0) is 15.3. The second-order valence-electron chi connectivity index (χ2n) is 4.32. The second kappa shape index (κ2) is 7.08. The summed E-state index contributed by atoms with van der Waals surface area (Å²) in [6.45, 7) is 4.65. The van der Waals surface area contributed by atoms with Gasteiger partial charge in [0.1, 0.15) is 5.82 Å². The predicted molar refractivity (Wildman–Crippen MR) is 71.0 cm³/mol. The number of hydrogen-bond donors (Lipinski definition) is 0. The van der Waals surface area contributed by atoms with E-state index in [-0.39, 0.29) is 11.9 Å². The standard InChI is InChI=1S/C12H17ClF3N3O/c1-4-8(2)19(5-6-20-3)10-7-9(12(14,15)16)17-11(13)18-10/h7-8H,4-6H2,1-3H3. The molecule has 0 saturated carbocycles. The number of nitrogens with zero attached hydrogens (tertiary/aromatic N) is 3. The van der Waals surface area contributed by atoms with Crippen molar-refractivity contribution >= 4 is 17.4 Å². The molecule has 1 atom stereocenters. The van der Waals surface area contributed by atoms with Crippen molar-refractivity contribution in [1.29, 1.82) is 0 Å². The van der Waals surface area contributed by atoms with Crippen molar-refractivity contribution in [1.82, 2.24) is 9.97 Å². The topological polar surface area (TPSA) is 38.2 Å². The molecule has 1 aromatic rings. The van der Waals surface area contributed by atoms with Crippen LogP contribution < -0.4 is 4.90 Å². The lowest BCUT2D eigenvalue weighted by Crippen LogP contribution is -2.36. The van der Waals surface area contributed by atoms with Crippen LogP contribution in [0.1, 0.15) is 26.0 Å². The monoisotopic (exact) mass is 311 g/mol. The summed E-state index contributed by atoms with van der Waals surface area (Å²) >= 11 is 5.60. The summed E-state index contributed by atoms with van der Waals surface area (Å²) in [5.41, 5.74) is -1.04. The summed E-state index contributed by atoms with van der Waals surface area (Å²) in [6.07, 6.45) is -3.80. The van der Waals surface area contributed by atoms with Gasteiger partial charge >= 0.3 is 6.18 Å². The molecule has 0 bridgehead atoms. The highest BCUT2D eigenvalue weighted by molar-refractivity contribution is 6.28. The van der Waals surface area contributed by atoms with Crippen LogP contribution in [-0.2, 0) is 10.9 Å². The maximum Gasteiger partial charge on any atom is 0.433 e. The third kappa shape index (κ3) is 4.49. The van der Waals surface area contributed by atoms with E-state index in [0.29, 0.717) is 13.2 Å². The molecule has 1 unspecified atom stereocenters. The highest BCUT2D eigenvalue weighted by atomic mass is 35.5. The molecule has 0 fully saturated rings. The Hall–Kier alpha value is -1.08. The Morgan fingerprint density at radius 1 is 1.40 bits per heavy atom. The van der Waals surface area contributed by atoms with Gasteiger partial charge in [-0.05, 0) is 24.9 Å². The van der Waals surface area contributed by atoms with Crippen LogP contribution in [0.15, 0.2) is 6.07 Å². The van der Waals surface area contributed by atoms with Gasteiger partial charge in [-0.2, -0.15) is 13.2 Å². The molecule has 1 rings (SSSR count). The highest BCUT2D eigenvalue weighted by Gasteiger charge is 2.34. The number of halogens is 4. The van der Waals surface area contributed by atoms with Crippen molar-refractivity contribution in [2.24, 2.45) is 0 Å². The minimum absolute atomic E-state index is 0.0113. The average Bonchev–Trinajstić information content (AvgIpc) is 2.37. The van der Waals surface area contributed by atoms with Gasteiger partial charge in [0.05, 0.1) is 6.61 Å². The SMILES string of the molecule is CCC(C)N(CCOC)c1cc(C(F)(F)F)nc(Cl)n1. The van der Waals surface area contributed by atoms with E-state index in [0.717, 1.165) is 12.5 Å². The predicted octanol–water partition coefficient (Wildman–Crippen LogP) is 3.40. The molecule has 0 aliphatic rings. The van der Waals surface area contributed by atoms with Gasteiger partial charge in [0.25, 0.3) is 0 Å². The van der Waals surface area contributed by atoms with Crippen molar-refractivity contribution in [2.45, 2.75) is 32.5 Å². The number of aromatic nitrogens is 2. The van der Waals surface area contributed by atoms with Gasteiger partial charge in [-0.15, -0.1) is 0 Å². The molecule has 20 heavy (non-hydrogen) atoms. The Bertz CT molecular complexity index is 442. The first-order valence-corrected chi connectivity index (χ1v) is 6.54. The first-order valence-electron chi connectivity index (χ1n) is 6.17. The molecule has 0 aliphatic carbocycles. The van der Waals surface area contributed by atoms with E-state index in [1.807, 2.05) is 13.8 Å². The normalized spacial score (nSPS) is 13.3. The molecule has 0 aromatic carbocycles. The zero-order valence-corrected chi connectivity index (χ0v) is 12.3. The van der Waals surface area contributed by atoms with Crippen LogP contribution in [0.4, 0.5) is 19.0 Å². The second-order valence-corrected chi connectivity index (χ2v) is 4.66. The van der Waals surface area contributed by atoms with Gasteiger partial charge < -0.3 is 9.64 Å². The lowest BCUT2D eigenvalue weighted by molar-refractivity contribution is -0.141. The van der Waals surface area contributed by atoms with Crippen LogP contribution in [0.25, 0.3) is 0 Å². The molecule has 0 saturated heterocycles. The van der Waals surface area contributed by atoms with Gasteiger partial charge in [-0.25, -0.2) is 9.97 Å². The molecule has 0 radical (unpaired) electrons. The Morgan fingerprint density at radius 2 is 2.05 bits per heavy atom. The minimum atomic E-state index is -4.55. The molecule has 1 aromatic heterocycles. The maximum absolute atomic E-state index is 12.8. The molecule has 0 N–H and O–H groups in total. The smallest absolute Gasteiger partial charge is 0.383 e. The van der Waals surface area contributed by atoms with Crippen LogP contribution >= 0.6 is 11.6 Å². The van der Waals surface area contributed by atoms with E-state index in [1.54, 1.807) is 4.90 Å². The van der Waals surface area contributed by atoms with Crippen molar-refractivity contribution < 1.29 is 17.9 Å². The minimum Gasteiger partial charge on any atom is -0.383 e. The fourth-order valence-corrected chi connectivity index (χ4v) is 1.85. The Balaban J connectivity index is 3.15. The molecule has 4 nitrogen and oxygen atoms in total. The van der Waals surface area contributed by atoms with E-state index < -0.39 is 17.2 Å². The van der Waals surface area contributed by atoms with Crippen LogP contribution in [0, 0.1) is 0 Å². The lowest BCUT2D eigenvalue weighted by atomic mass is 10.2. The molecule has 114 valence electrons.